The lowest BCUT2D eigenvalue weighted by atomic mass is 9.87. The van der Waals surface area contributed by atoms with Gasteiger partial charge in [0.15, 0.2) is 0 Å². The third-order valence-electron chi connectivity index (χ3n) is 4.32. The average Bonchev–Trinajstić information content (AvgIpc) is 2.46. The van der Waals surface area contributed by atoms with E-state index in [-0.39, 0.29) is 24.4 Å². The molecule has 2 saturated heterocycles. The van der Waals surface area contributed by atoms with Gasteiger partial charge >= 0.3 is 0 Å². The Morgan fingerprint density at radius 2 is 2.10 bits per heavy atom. The van der Waals surface area contributed by atoms with Gasteiger partial charge in [-0.3, -0.25) is 4.79 Å². The number of nitrogens with one attached hydrogen (secondary N) is 2. The Labute approximate surface area is 128 Å². The highest BCUT2D eigenvalue weighted by molar-refractivity contribution is 5.85. The van der Waals surface area contributed by atoms with Crippen molar-refractivity contribution < 1.29 is 9.53 Å². The third kappa shape index (κ3) is 4.90. The second-order valence-corrected chi connectivity index (χ2v) is 6.23. The summed E-state index contributed by atoms with van der Waals surface area (Å²) in [7, 11) is 0. The number of hydrogen-bond acceptors (Lipinski definition) is 3. The summed E-state index contributed by atoms with van der Waals surface area (Å²) in [5.74, 6) is 1.17. The molecule has 0 bridgehead atoms. The number of carbonyl (C=O) groups excluding carboxylic acids is 1. The lowest BCUT2D eigenvalue weighted by Gasteiger charge is -2.35. The van der Waals surface area contributed by atoms with E-state index in [2.05, 4.69) is 24.5 Å². The summed E-state index contributed by atoms with van der Waals surface area (Å²) in [5.41, 5.74) is 0. The summed E-state index contributed by atoms with van der Waals surface area (Å²) < 4.78 is 5.86. The van der Waals surface area contributed by atoms with Crippen molar-refractivity contribution in [2.75, 3.05) is 19.7 Å². The van der Waals surface area contributed by atoms with E-state index in [0.717, 1.165) is 39.0 Å². The van der Waals surface area contributed by atoms with E-state index in [1.165, 1.54) is 12.8 Å². The molecule has 0 aromatic heterocycles. The molecular weight excluding hydrogens is 276 g/mol. The van der Waals surface area contributed by atoms with Crippen LogP contribution in [0.4, 0.5) is 0 Å². The summed E-state index contributed by atoms with van der Waals surface area (Å²) in [6.45, 7) is 7.01. The van der Waals surface area contributed by atoms with Crippen molar-refractivity contribution in [1.82, 2.24) is 10.6 Å². The molecule has 1 amide bonds. The lowest BCUT2D eigenvalue weighted by Crippen LogP contribution is -2.49. The van der Waals surface area contributed by atoms with E-state index >= 15 is 0 Å². The molecule has 0 spiro atoms. The Morgan fingerprint density at radius 3 is 2.75 bits per heavy atom. The summed E-state index contributed by atoms with van der Waals surface area (Å²) in [6.07, 6.45) is 5.91. The predicted molar refractivity (Wildman–Crippen MR) is 83.2 cm³/mol. The molecule has 2 aliphatic rings. The van der Waals surface area contributed by atoms with Gasteiger partial charge in [0.25, 0.3) is 0 Å². The number of rotatable bonds is 4. The maximum atomic E-state index is 12.1. The normalized spacial score (nSPS) is 30.6. The maximum absolute atomic E-state index is 12.1. The molecule has 4 nitrogen and oxygen atoms in total. The molecule has 3 atom stereocenters. The van der Waals surface area contributed by atoms with Gasteiger partial charge in [0.2, 0.25) is 5.91 Å². The standard InChI is InChI=1S/C15H28N2O2.ClH/c1-11(2)14-12(6-5-9-19-14)10-17-15(18)13-7-3-4-8-16-13;/h11-14,16H,3-10H2,1-2H3,(H,17,18);1H. The first-order chi connectivity index (χ1) is 9.18. The molecule has 118 valence electrons. The number of ether oxygens (including phenoxy) is 1. The van der Waals surface area contributed by atoms with Crippen molar-refractivity contribution in [3.05, 3.63) is 0 Å². The molecule has 3 unspecified atom stereocenters. The highest BCUT2D eigenvalue weighted by Gasteiger charge is 2.29. The molecule has 20 heavy (non-hydrogen) atoms. The second kappa shape index (κ2) is 8.85. The van der Waals surface area contributed by atoms with Crippen LogP contribution in [0, 0.1) is 11.8 Å². The van der Waals surface area contributed by atoms with Crippen molar-refractivity contribution in [3.63, 3.8) is 0 Å². The van der Waals surface area contributed by atoms with E-state index in [1.807, 2.05) is 0 Å². The first-order valence-corrected chi connectivity index (χ1v) is 7.81. The van der Waals surface area contributed by atoms with E-state index in [4.69, 9.17) is 4.74 Å². The zero-order chi connectivity index (χ0) is 13.7. The zero-order valence-corrected chi connectivity index (χ0v) is 13.5. The minimum absolute atomic E-state index is 0. The fraction of sp³-hybridized carbons (Fsp3) is 0.933. The van der Waals surface area contributed by atoms with Gasteiger partial charge in [-0.25, -0.2) is 0 Å². The van der Waals surface area contributed by atoms with Gasteiger partial charge in [-0.2, -0.15) is 0 Å². The predicted octanol–water partition coefficient (Wildman–Crippen LogP) is 2.12. The molecule has 0 aromatic carbocycles. The van der Waals surface area contributed by atoms with Crippen LogP contribution in [0.5, 0.6) is 0 Å². The Kier molecular flexibility index (Phi) is 7.85. The molecule has 0 aromatic rings. The summed E-state index contributed by atoms with van der Waals surface area (Å²) in [6, 6.07) is 0.0239. The minimum Gasteiger partial charge on any atom is -0.378 e. The molecule has 2 heterocycles. The van der Waals surface area contributed by atoms with Crippen molar-refractivity contribution in [1.29, 1.82) is 0 Å². The number of halogens is 1. The summed E-state index contributed by atoms with van der Waals surface area (Å²) in [4.78, 5) is 12.1. The van der Waals surface area contributed by atoms with Gasteiger partial charge in [0.1, 0.15) is 0 Å². The van der Waals surface area contributed by atoms with Gasteiger partial charge in [0.05, 0.1) is 12.1 Å². The Hall–Kier alpha value is -0.320. The SMILES string of the molecule is CC(C)C1OCCCC1CNC(=O)C1CCCCN1.Cl. The van der Waals surface area contributed by atoms with Crippen molar-refractivity contribution >= 4 is 18.3 Å². The van der Waals surface area contributed by atoms with Crippen LogP contribution in [-0.2, 0) is 9.53 Å². The number of hydrogen-bond donors (Lipinski definition) is 2. The van der Waals surface area contributed by atoms with Crippen molar-refractivity contribution in [3.8, 4) is 0 Å². The first kappa shape index (κ1) is 17.7. The molecule has 0 radical (unpaired) electrons. The quantitative estimate of drug-likeness (QED) is 0.836. The minimum atomic E-state index is 0. The van der Waals surface area contributed by atoms with Crippen LogP contribution >= 0.6 is 12.4 Å². The molecule has 2 aliphatic heterocycles. The van der Waals surface area contributed by atoms with Gasteiger partial charge in [-0.15, -0.1) is 12.4 Å². The Balaban J connectivity index is 0.00000200. The largest absolute Gasteiger partial charge is 0.378 e. The monoisotopic (exact) mass is 304 g/mol. The highest BCUT2D eigenvalue weighted by atomic mass is 35.5. The van der Waals surface area contributed by atoms with Crippen LogP contribution < -0.4 is 10.6 Å². The van der Waals surface area contributed by atoms with Crippen LogP contribution in [0.15, 0.2) is 0 Å². The zero-order valence-electron chi connectivity index (χ0n) is 12.7. The first-order valence-electron chi connectivity index (χ1n) is 7.81. The van der Waals surface area contributed by atoms with Crippen LogP contribution in [0.2, 0.25) is 0 Å². The Morgan fingerprint density at radius 1 is 1.30 bits per heavy atom. The van der Waals surface area contributed by atoms with E-state index < -0.39 is 0 Å². The van der Waals surface area contributed by atoms with E-state index in [9.17, 15) is 4.79 Å². The molecule has 2 fully saturated rings. The second-order valence-electron chi connectivity index (χ2n) is 6.23. The van der Waals surface area contributed by atoms with Gasteiger partial charge < -0.3 is 15.4 Å². The van der Waals surface area contributed by atoms with Crippen LogP contribution in [0.25, 0.3) is 0 Å². The molecule has 2 rings (SSSR count). The number of carbonyl (C=O) groups is 1. The molecular formula is C15H29ClN2O2. The molecule has 2 N–H and O–H groups in total. The lowest BCUT2D eigenvalue weighted by molar-refractivity contribution is -0.124. The van der Waals surface area contributed by atoms with E-state index in [0.29, 0.717) is 17.9 Å². The van der Waals surface area contributed by atoms with Gasteiger partial charge in [-0.05, 0) is 38.1 Å². The fourth-order valence-corrected chi connectivity index (χ4v) is 3.25. The maximum Gasteiger partial charge on any atom is 0.237 e. The van der Waals surface area contributed by atoms with Gasteiger partial charge in [-0.1, -0.05) is 20.3 Å². The molecule has 0 aliphatic carbocycles. The number of amides is 1. The Bertz CT molecular complexity index is 294. The van der Waals surface area contributed by atoms with Crippen LogP contribution in [0.1, 0.15) is 46.0 Å². The van der Waals surface area contributed by atoms with Crippen molar-refractivity contribution in [2.45, 2.75) is 58.1 Å². The smallest absolute Gasteiger partial charge is 0.237 e. The average molecular weight is 305 g/mol. The summed E-state index contributed by atoms with van der Waals surface area (Å²) >= 11 is 0. The third-order valence-corrected chi connectivity index (χ3v) is 4.32. The number of piperidine rings is 1. The molecule has 5 heteroatoms. The molecule has 0 saturated carbocycles. The highest BCUT2D eigenvalue weighted by Crippen LogP contribution is 2.25. The van der Waals surface area contributed by atoms with Crippen LogP contribution in [0.3, 0.4) is 0 Å². The summed E-state index contributed by atoms with van der Waals surface area (Å²) in [5, 5.41) is 6.42. The van der Waals surface area contributed by atoms with Crippen LogP contribution in [-0.4, -0.2) is 37.7 Å². The van der Waals surface area contributed by atoms with E-state index in [1.54, 1.807) is 0 Å². The fourth-order valence-electron chi connectivity index (χ4n) is 3.25. The van der Waals surface area contributed by atoms with Gasteiger partial charge in [0, 0.05) is 19.1 Å². The van der Waals surface area contributed by atoms with Crippen molar-refractivity contribution in [2.24, 2.45) is 11.8 Å². The topological polar surface area (TPSA) is 50.4 Å².